The Bertz CT molecular complexity index is 3380. The third kappa shape index (κ3) is 3.91. The van der Waals surface area contributed by atoms with Crippen LogP contribution in [0.5, 0.6) is 0 Å². The van der Waals surface area contributed by atoms with E-state index in [1.165, 1.54) is 66.1 Å². The van der Waals surface area contributed by atoms with Crippen molar-refractivity contribution in [2.24, 2.45) is 0 Å². The summed E-state index contributed by atoms with van der Waals surface area (Å²) >= 11 is 0. The van der Waals surface area contributed by atoms with Crippen LogP contribution in [0, 0.1) is 0 Å². The van der Waals surface area contributed by atoms with Crippen LogP contribution in [0.3, 0.4) is 0 Å². The summed E-state index contributed by atoms with van der Waals surface area (Å²) in [6.45, 7) is 0. The molecule has 0 N–H and O–H groups in total. The highest BCUT2D eigenvalue weighted by Crippen LogP contribution is 2.64. The normalized spacial score (nSPS) is 13.4. The summed E-state index contributed by atoms with van der Waals surface area (Å²) in [4.78, 5) is 10.9. The third-order valence-corrected chi connectivity index (χ3v) is 12.6. The minimum atomic E-state index is -0.455. The first-order chi connectivity index (χ1) is 28.3. The van der Waals surface area contributed by atoms with Crippen LogP contribution in [-0.4, -0.2) is 19.1 Å². The second-order valence-corrected chi connectivity index (χ2v) is 15.3. The van der Waals surface area contributed by atoms with Crippen LogP contribution in [0.15, 0.2) is 194 Å². The maximum absolute atomic E-state index is 5.50. The monoisotopic (exact) mass is 724 g/mol. The van der Waals surface area contributed by atoms with Crippen molar-refractivity contribution in [3.63, 3.8) is 0 Å². The molecule has 0 radical (unpaired) electrons. The molecular weight excluding hydrogens is 693 g/mol. The van der Waals surface area contributed by atoms with Crippen molar-refractivity contribution in [3.05, 3.63) is 216 Å². The lowest BCUT2D eigenvalue weighted by Crippen LogP contribution is -2.25. The summed E-state index contributed by atoms with van der Waals surface area (Å²) in [6, 6.07) is 70.5. The molecule has 0 fully saturated rings. The Morgan fingerprint density at radius 2 is 0.807 bits per heavy atom. The molecule has 4 heteroatoms. The lowest BCUT2D eigenvalue weighted by atomic mass is 9.70. The topological polar surface area (TPSA) is 35.6 Å². The molecule has 264 valence electrons. The maximum Gasteiger partial charge on any atom is 0.163 e. The summed E-state index contributed by atoms with van der Waals surface area (Å²) in [5.74, 6) is 2.33. The van der Waals surface area contributed by atoms with Gasteiger partial charge in [-0.2, -0.15) is 0 Å². The molecule has 8 aromatic carbocycles. The molecule has 2 aliphatic carbocycles. The minimum absolute atomic E-state index is 0.455. The van der Waals surface area contributed by atoms with Gasteiger partial charge in [0, 0.05) is 38.7 Å². The van der Waals surface area contributed by atoms with E-state index in [4.69, 9.17) is 9.97 Å². The Morgan fingerprint density at radius 1 is 0.351 bits per heavy atom. The molecular formula is C53H32N4. The zero-order chi connectivity index (χ0) is 37.2. The van der Waals surface area contributed by atoms with E-state index in [0.29, 0.717) is 5.82 Å². The Balaban J connectivity index is 1.19. The van der Waals surface area contributed by atoms with E-state index in [0.717, 1.165) is 39.3 Å². The quantitative estimate of drug-likeness (QED) is 0.182. The number of hydrogen-bond acceptors (Lipinski definition) is 2. The van der Waals surface area contributed by atoms with E-state index >= 15 is 0 Å². The van der Waals surface area contributed by atoms with Crippen molar-refractivity contribution < 1.29 is 0 Å². The van der Waals surface area contributed by atoms with Crippen LogP contribution in [-0.2, 0) is 5.41 Å². The number of benzene rings is 8. The summed E-state index contributed by atoms with van der Waals surface area (Å²) in [7, 11) is 0. The minimum Gasteiger partial charge on any atom is -0.294 e. The van der Waals surface area contributed by atoms with Crippen LogP contribution < -0.4 is 0 Å². The maximum atomic E-state index is 5.50. The average Bonchev–Trinajstić information content (AvgIpc) is 3.99. The summed E-state index contributed by atoms with van der Waals surface area (Å²) in [6.07, 6.45) is 0. The first kappa shape index (κ1) is 30.7. The van der Waals surface area contributed by atoms with Gasteiger partial charge in [0.1, 0.15) is 11.6 Å². The Kier molecular flexibility index (Phi) is 6.07. The van der Waals surface area contributed by atoms with E-state index in [-0.39, 0.29) is 0 Å². The van der Waals surface area contributed by atoms with Gasteiger partial charge in [-0.25, -0.2) is 9.97 Å². The van der Waals surface area contributed by atoms with Gasteiger partial charge in [0.25, 0.3) is 0 Å². The molecule has 0 unspecified atom stereocenters. The molecule has 0 saturated carbocycles. The number of hydrogen-bond donors (Lipinski definition) is 0. The van der Waals surface area contributed by atoms with Crippen LogP contribution in [0.4, 0.5) is 0 Å². The summed E-state index contributed by atoms with van der Waals surface area (Å²) in [5.41, 5.74) is 15.4. The van der Waals surface area contributed by atoms with Crippen LogP contribution in [0.25, 0.3) is 88.9 Å². The molecule has 0 saturated heterocycles. The van der Waals surface area contributed by atoms with Gasteiger partial charge in [-0.05, 0) is 57.1 Å². The van der Waals surface area contributed by atoms with Crippen molar-refractivity contribution >= 4 is 43.6 Å². The number of para-hydroxylation sites is 3. The van der Waals surface area contributed by atoms with Gasteiger partial charge in [-0.3, -0.25) is 9.13 Å². The number of nitrogens with zero attached hydrogens (tertiary/aromatic N) is 4. The second kappa shape index (κ2) is 11.2. The van der Waals surface area contributed by atoms with Crippen molar-refractivity contribution in [1.82, 2.24) is 19.1 Å². The highest BCUT2D eigenvalue weighted by atomic mass is 15.1. The van der Waals surface area contributed by atoms with Gasteiger partial charge in [0.15, 0.2) is 5.82 Å². The van der Waals surface area contributed by atoms with Gasteiger partial charge in [-0.1, -0.05) is 170 Å². The Hall–Kier alpha value is -7.56. The van der Waals surface area contributed by atoms with E-state index in [9.17, 15) is 0 Å². The van der Waals surface area contributed by atoms with Crippen LogP contribution >= 0.6 is 0 Å². The predicted octanol–water partition coefficient (Wildman–Crippen LogP) is 12.7. The molecule has 0 aliphatic heterocycles. The lowest BCUT2D eigenvalue weighted by molar-refractivity contribution is 0.794. The highest BCUT2D eigenvalue weighted by molar-refractivity contribution is 6.16. The average molecular weight is 725 g/mol. The van der Waals surface area contributed by atoms with Crippen LogP contribution in [0.2, 0.25) is 0 Å². The zero-order valence-electron chi connectivity index (χ0n) is 30.8. The molecule has 0 amide bonds. The van der Waals surface area contributed by atoms with Gasteiger partial charge in [0.05, 0.1) is 27.5 Å². The van der Waals surface area contributed by atoms with Crippen LogP contribution in [0.1, 0.15) is 22.3 Å². The van der Waals surface area contributed by atoms with Crippen molar-refractivity contribution in [2.75, 3.05) is 0 Å². The van der Waals surface area contributed by atoms with Gasteiger partial charge in [0.2, 0.25) is 0 Å². The predicted molar refractivity (Wildman–Crippen MR) is 232 cm³/mol. The number of rotatable bonds is 3. The number of fused-ring (bicyclic) bond motifs is 17. The Morgan fingerprint density at radius 3 is 1.42 bits per heavy atom. The summed E-state index contributed by atoms with van der Waals surface area (Å²) in [5, 5.41) is 4.79. The van der Waals surface area contributed by atoms with Gasteiger partial charge < -0.3 is 0 Å². The van der Waals surface area contributed by atoms with Gasteiger partial charge in [-0.15, -0.1) is 0 Å². The Labute approximate surface area is 328 Å². The molecule has 4 nitrogen and oxygen atoms in total. The first-order valence-electron chi connectivity index (χ1n) is 19.6. The molecule has 3 aromatic heterocycles. The second-order valence-electron chi connectivity index (χ2n) is 15.3. The highest BCUT2D eigenvalue weighted by Gasteiger charge is 2.52. The lowest BCUT2D eigenvalue weighted by Gasteiger charge is -2.30. The smallest absolute Gasteiger partial charge is 0.163 e. The molecule has 2 aliphatic rings. The fraction of sp³-hybridized carbons (Fsp3) is 0.0189. The fourth-order valence-corrected chi connectivity index (χ4v) is 10.4. The standard InChI is InChI=1S/C53H32N4/c1-2-16-33(17-3-1)52-54-48(56-45-27-13-7-20-36(45)37-21-8-14-28-46(37)56)32-49(55-52)57-47-29-15-9-22-38(47)39-30-31-44-50(51(39)57)40-23-6-12-26-43(40)53(44)41-24-10-4-18-34(41)35-19-5-11-25-42(35)53/h1-32H. The van der Waals surface area contributed by atoms with Crippen molar-refractivity contribution in [1.29, 1.82) is 0 Å². The molecule has 0 atom stereocenters. The largest absolute Gasteiger partial charge is 0.294 e. The third-order valence-electron chi connectivity index (χ3n) is 12.6. The van der Waals surface area contributed by atoms with Crippen molar-refractivity contribution in [3.8, 4) is 45.3 Å². The molecule has 1 spiro atoms. The molecule has 13 rings (SSSR count). The van der Waals surface area contributed by atoms with Gasteiger partial charge >= 0.3 is 0 Å². The van der Waals surface area contributed by atoms with E-state index in [1.807, 2.05) is 6.07 Å². The van der Waals surface area contributed by atoms with E-state index in [2.05, 4.69) is 197 Å². The van der Waals surface area contributed by atoms with E-state index < -0.39 is 5.41 Å². The number of aromatic nitrogens is 4. The molecule has 57 heavy (non-hydrogen) atoms. The molecule has 11 aromatic rings. The molecule has 3 heterocycles. The summed E-state index contributed by atoms with van der Waals surface area (Å²) < 4.78 is 4.72. The van der Waals surface area contributed by atoms with Crippen molar-refractivity contribution in [2.45, 2.75) is 5.41 Å². The SMILES string of the molecule is c1ccc(-c2nc(-n3c4ccccc4c4ccccc43)cc(-n3c4ccccc4c4ccc5c(c43)-c3ccccc3C53c4ccccc4-c4ccccc43)n2)cc1. The first-order valence-corrected chi connectivity index (χ1v) is 19.6. The zero-order valence-corrected chi connectivity index (χ0v) is 30.8. The fourth-order valence-electron chi connectivity index (χ4n) is 10.4. The van der Waals surface area contributed by atoms with E-state index in [1.54, 1.807) is 0 Å². The molecule has 0 bridgehead atoms.